The third-order valence-electron chi connectivity index (χ3n) is 4.49. The van der Waals surface area contributed by atoms with Gasteiger partial charge in [-0.15, -0.1) is 12.4 Å². The molecule has 1 aromatic carbocycles. The summed E-state index contributed by atoms with van der Waals surface area (Å²) in [5.41, 5.74) is 0.889. The lowest BCUT2D eigenvalue weighted by atomic mass is 9.95. The summed E-state index contributed by atoms with van der Waals surface area (Å²) in [5, 5.41) is 6.18. The van der Waals surface area contributed by atoms with Crippen molar-refractivity contribution in [3.8, 4) is 0 Å². The van der Waals surface area contributed by atoms with Crippen LogP contribution in [0, 0.1) is 5.82 Å². The Morgan fingerprint density at radius 3 is 2.91 bits per heavy atom. The largest absolute Gasteiger partial charge is 0.375 e. The molecule has 1 saturated carbocycles. The molecule has 6 heteroatoms. The van der Waals surface area contributed by atoms with Crippen LogP contribution in [0.2, 0.25) is 0 Å². The SMILES string of the molecule is C[C@H]1OCCN[C@@H]1C(=O)NCC1(c2cccc(F)c2)CC1.Cl. The van der Waals surface area contributed by atoms with Crippen LogP contribution in [-0.2, 0) is 14.9 Å². The summed E-state index contributed by atoms with van der Waals surface area (Å²) >= 11 is 0. The summed E-state index contributed by atoms with van der Waals surface area (Å²) in [6.07, 6.45) is 1.85. The van der Waals surface area contributed by atoms with E-state index in [0.717, 1.165) is 18.4 Å². The minimum atomic E-state index is -0.304. The van der Waals surface area contributed by atoms with E-state index in [9.17, 15) is 9.18 Å². The highest BCUT2D eigenvalue weighted by Gasteiger charge is 2.45. The van der Waals surface area contributed by atoms with Gasteiger partial charge in [0.05, 0.1) is 12.7 Å². The lowest BCUT2D eigenvalue weighted by Crippen LogP contribution is -2.56. The summed E-state index contributed by atoms with van der Waals surface area (Å²) in [6.45, 7) is 3.78. The number of halogens is 2. The van der Waals surface area contributed by atoms with Crippen molar-refractivity contribution < 1.29 is 13.9 Å². The van der Waals surface area contributed by atoms with Gasteiger partial charge in [-0.1, -0.05) is 12.1 Å². The summed E-state index contributed by atoms with van der Waals surface area (Å²) in [4.78, 5) is 12.3. The van der Waals surface area contributed by atoms with Gasteiger partial charge >= 0.3 is 0 Å². The minimum absolute atomic E-state index is 0. The first-order valence-corrected chi connectivity index (χ1v) is 7.49. The first kappa shape index (κ1) is 17.2. The van der Waals surface area contributed by atoms with Crippen LogP contribution in [0.15, 0.2) is 24.3 Å². The Kier molecular flexibility index (Phi) is 5.42. The number of hydrogen-bond donors (Lipinski definition) is 2. The molecule has 2 N–H and O–H groups in total. The highest BCUT2D eigenvalue weighted by atomic mass is 35.5. The van der Waals surface area contributed by atoms with E-state index in [-0.39, 0.29) is 41.7 Å². The lowest BCUT2D eigenvalue weighted by molar-refractivity contribution is -0.129. The molecule has 0 unspecified atom stereocenters. The molecular weight excluding hydrogens is 307 g/mol. The number of rotatable bonds is 4. The Morgan fingerprint density at radius 1 is 1.50 bits per heavy atom. The van der Waals surface area contributed by atoms with Crippen molar-refractivity contribution in [2.24, 2.45) is 0 Å². The summed E-state index contributed by atoms with van der Waals surface area (Å²) in [5.74, 6) is -0.258. The van der Waals surface area contributed by atoms with E-state index in [1.807, 2.05) is 13.0 Å². The van der Waals surface area contributed by atoms with Gasteiger partial charge in [-0.2, -0.15) is 0 Å². The quantitative estimate of drug-likeness (QED) is 0.885. The number of amides is 1. The van der Waals surface area contributed by atoms with Gasteiger partial charge in [0.15, 0.2) is 0 Å². The van der Waals surface area contributed by atoms with Gasteiger partial charge in [0.1, 0.15) is 11.9 Å². The van der Waals surface area contributed by atoms with Gasteiger partial charge in [0, 0.05) is 18.5 Å². The van der Waals surface area contributed by atoms with Crippen molar-refractivity contribution in [3.63, 3.8) is 0 Å². The molecule has 2 aliphatic rings. The molecule has 1 aliphatic heterocycles. The smallest absolute Gasteiger partial charge is 0.239 e. The van der Waals surface area contributed by atoms with E-state index >= 15 is 0 Å². The Labute approximate surface area is 136 Å². The predicted molar refractivity (Wildman–Crippen MR) is 84.8 cm³/mol. The first-order chi connectivity index (χ1) is 10.1. The highest BCUT2D eigenvalue weighted by molar-refractivity contribution is 5.85. The van der Waals surface area contributed by atoms with Gasteiger partial charge in [-0.25, -0.2) is 4.39 Å². The number of carbonyl (C=O) groups excluding carboxylic acids is 1. The van der Waals surface area contributed by atoms with Crippen molar-refractivity contribution in [3.05, 3.63) is 35.6 Å². The summed E-state index contributed by atoms with van der Waals surface area (Å²) in [7, 11) is 0. The van der Waals surface area contributed by atoms with E-state index in [2.05, 4.69) is 10.6 Å². The van der Waals surface area contributed by atoms with E-state index in [1.165, 1.54) is 6.07 Å². The molecule has 2 atom stereocenters. The number of hydrogen-bond acceptors (Lipinski definition) is 3. The molecule has 0 aromatic heterocycles. The Morgan fingerprint density at radius 2 is 2.27 bits per heavy atom. The number of carbonyl (C=O) groups is 1. The molecule has 0 bridgehead atoms. The van der Waals surface area contributed by atoms with Crippen LogP contribution in [-0.4, -0.2) is 37.7 Å². The Hall–Kier alpha value is -1.17. The molecule has 1 aliphatic carbocycles. The van der Waals surface area contributed by atoms with Crippen molar-refractivity contribution in [2.45, 2.75) is 37.3 Å². The van der Waals surface area contributed by atoms with Crippen LogP contribution < -0.4 is 10.6 Å². The van der Waals surface area contributed by atoms with Gasteiger partial charge < -0.3 is 15.4 Å². The molecule has 122 valence electrons. The normalized spacial score (nSPS) is 25.9. The van der Waals surface area contributed by atoms with Gasteiger partial charge in [-0.05, 0) is 37.5 Å². The van der Waals surface area contributed by atoms with E-state index < -0.39 is 0 Å². The average Bonchev–Trinajstić information content (AvgIpc) is 3.26. The zero-order valence-electron chi connectivity index (χ0n) is 12.6. The minimum Gasteiger partial charge on any atom is -0.375 e. The van der Waals surface area contributed by atoms with Crippen LogP contribution in [0.3, 0.4) is 0 Å². The summed E-state index contributed by atoms with van der Waals surface area (Å²) < 4.78 is 18.8. The maximum absolute atomic E-state index is 13.4. The number of ether oxygens (including phenoxy) is 1. The Bertz CT molecular complexity index is 537. The van der Waals surface area contributed by atoms with Crippen LogP contribution in [0.1, 0.15) is 25.3 Å². The molecule has 4 nitrogen and oxygen atoms in total. The molecule has 22 heavy (non-hydrogen) atoms. The molecule has 0 radical (unpaired) electrons. The zero-order valence-corrected chi connectivity index (χ0v) is 13.4. The van der Waals surface area contributed by atoms with Crippen molar-refractivity contribution in [2.75, 3.05) is 19.7 Å². The fourth-order valence-corrected chi connectivity index (χ4v) is 2.93. The number of nitrogens with one attached hydrogen (secondary N) is 2. The molecular formula is C16H22ClFN2O2. The van der Waals surface area contributed by atoms with E-state index in [4.69, 9.17) is 4.74 Å². The van der Waals surface area contributed by atoms with Crippen molar-refractivity contribution >= 4 is 18.3 Å². The molecule has 1 amide bonds. The van der Waals surface area contributed by atoms with E-state index in [0.29, 0.717) is 19.7 Å². The number of benzene rings is 1. The second-order valence-electron chi connectivity index (χ2n) is 6.02. The monoisotopic (exact) mass is 328 g/mol. The molecule has 1 aromatic rings. The maximum atomic E-state index is 13.4. The average molecular weight is 329 g/mol. The van der Waals surface area contributed by atoms with Gasteiger partial charge in [0.2, 0.25) is 5.91 Å². The summed E-state index contributed by atoms with van der Waals surface area (Å²) in [6, 6.07) is 6.38. The first-order valence-electron chi connectivity index (χ1n) is 7.49. The van der Waals surface area contributed by atoms with Crippen LogP contribution in [0.5, 0.6) is 0 Å². The standard InChI is InChI=1S/C16H21FN2O2.ClH/c1-11-14(18-7-8-21-11)15(20)19-10-16(5-6-16)12-3-2-4-13(17)9-12;/h2-4,9,11,14,18H,5-8,10H2,1H3,(H,19,20);1H/t11-,14+;/m1./s1. The topological polar surface area (TPSA) is 50.4 Å². The second kappa shape index (κ2) is 6.94. The van der Waals surface area contributed by atoms with Crippen LogP contribution in [0.4, 0.5) is 4.39 Å². The highest BCUT2D eigenvalue weighted by Crippen LogP contribution is 2.47. The lowest BCUT2D eigenvalue weighted by Gasteiger charge is -2.30. The molecule has 2 fully saturated rings. The number of morpholine rings is 1. The van der Waals surface area contributed by atoms with Crippen LogP contribution in [0.25, 0.3) is 0 Å². The second-order valence-corrected chi connectivity index (χ2v) is 6.02. The fourth-order valence-electron chi connectivity index (χ4n) is 2.93. The third kappa shape index (κ3) is 3.59. The van der Waals surface area contributed by atoms with Crippen LogP contribution >= 0.6 is 12.4 Å². The molecule has 1 heterocycles. The Balaban J connectivity index is 0.00000176. The fraction of sp³-hybridized carbons (Fsp3) is 0.562. The zero-order chi connectivity index (χ0) is 14.9. The van der Waals surface area contributed by atoms with E-state index in [1.54, 1.807) is 12.1 Å². The molecule has 3 rings (SSSR count). The van der Waals surface area contributed by atoms with Gasteiger partial charge in [0.25, 0.3) is 0 Å². The third-order valence-corrected chi connectivity index (χ3v) is 4.49. The molecule has 1 saturated heterocycles. The van der Waals surface area contributed by atoms with Crippen molar-refractivity contribution in [1.29, 1.82) is 0 Å². The maximum Gasteiger partial charge on any atom is 0.239 e. The van der Waals surface area contributed by atoms with Gasteiger partial charge in [-0.3, -0.25) is 4.79 Å². The predicted octanol–water partition coefficient (Wildman–Crippen LogP) is 1.77. The van der Waals surface area contributed by atoms with Crippen molar-refractivity contribution in [1.82, 2.24) is 10.6 Å². The molecule has 0 spiro atoms.